The first-order chi connectivity index (χ1) is 4.45. The Kier molecular flexibility index (Phi) is 9.04. The molecule has 0 aromatic rings. The van der Waals surface area contributed by atoms with Crippen LogP contribution in [0, 0.1) is 0 Å². The van der Waals surface area contributed by atoms with Crippen LogP contribution >= 0.6 is 7.82 Å². The molecule has 0 unspecified atom stereocenters. The van der Waals surface area contributed by atoms with Crippen molar-refractivity contribution in [2.75, 3.05) is 0 Å². The van der Waals surface area contributed by atoms with Crippen molar-refractivity contribution in [2.45, 2.75) is 19.8 Å². The third-order valence-corrected chi connectivity index (χ3v) is 1.12. The maximum absolute atomic E-state index is 10.3. The van der Waals surface area contributed by atoms with Crippen molar-refractivity contribution in [3.05, 3.63) is 0 Å². The van der Waals surface area contributed by atoms with E-state index in [1.807, 2.05) is 0 Å². The van der Waals surface area contributed by atoms with E-state index in [1.54, 1.807) is 6.92 Å². The van der Waals surface area contributed by atoms with Gasteiger partial charge in [-0.2, -0.15) is 0 Å². The van der Waals surface area contributed by atoms with Gasteiger partial charge in [0.2, 0.25) is 0 Å². The summed E-state index contributed by atoms with van der Waals surface area (Å²) in [5.41, 5.74) is 0. The Morgan fingerprint density at radius 2 is 2.00 bits per heavy atom. The van der Waals surface area contributed by atoms with Crippen LogP contribution in [-0.4, -0.2) is 67.1 Å². The molecule has 0 spiro atoms. The van der Waals surface area contributed by atoms with Crippen LogP contribution in [-0.2, 0) is 13.9 Å². The van der Waals surface area contributed by atoms with Crippen LogP contribution in [0.15, 0.2) is 0 Å². The zero-order valence-corrected chi connectivity index (χ0v) is 6.38. The van der Waals surface area contributed by atoms with Gasteiger partial charge in [-0.15, -0.1) is 0 Å². The van der Waals surface area contributed by atoms with Crippen molar-refractivity contribution in [1.29, 1.82) is 0 Å². The van der Waals surface area contributed by atoms with Crippen LogP contribution in [0.5, 0.6) is 0 Å². The summed E-state index contributed by atoms with van der Waals surface area (Å²) in [4.78, 5) is 26.5. The second-order valence-corrected chi connectivity index (χ2v) is 2.87. The third-order valence-electron chi connectivity index (χ3n) is 0.675. The SMILES string of the molecule is CCCC(=O)OP(=O)(O)O.[KH]. The Morgan fingerprint density at radius 1 is 1.55 bits per heavy atom. The van der Waals surface area contributed by atoms with Crippen LogP contribution in [0.4, 0.5) is 0 Å². The van der Waals surface area contributed by atoms with Gasteiger partial charge in [0.25, 0.3) is 0 Å². The van der Waals surface area contributed by atoms with Gasteiger partial charge in [-0.05, 0) is 6.42 Å². The second kappa shape index (κ2) is 6.74. The van der Waals surface area contributed by atoms with E-state index in [4.69, 9.17) is 9.79 Å². The molecular weight excluding hydrogens is 198 g/mol. The van der Waals surface area contributed by atoms with Gasteiger partial charge in [0.1, 0.15) is 0 Å². The van der Waals surface area contributed by atoms with Gasteiger partial charge in [-0.3, -0.25) is 14.6 Å². The van der Waals surface area contributed by atoms with Crippen LogP contribution < -0.4 is 0 Å². The molecule has 0 aliphatic rings. The number of hydrogen-bond donors (Lipinski definition) is 2. The summed E-state index contributed by atoms with van der Waals surface area (Å²) in [5.74, 6) is -0.865. The Labute approximate surface area is 107 Å². The Hall–Kier alpha value is 1.26. The summed E-state index contributed by atoms with van der Waals surface area (Å²) < 4.78 is 13.7. The van der Waals surface area contributed by atoms with Gasteiger partial charge >= 0.3 is 65.2 Å². The van der Waals surface area contributed by atoms with Crippen molar-refractivity contribution in [3.63, 3.8) is 0 Å². The number of phosphoric ester groups is 1. The number of hydrogen-bond acceptors (Lipinski definition) is 3. The van der Waals surface area contributed by atoms with Crippen molar-refractivity contribution >= 4 is 65.2 Å². The molecule has 0 atom stereocenters. The predicted molar refractivity (Wildman–Crippen MR) is 40.2 cm³/mol. The zero-order chi connectivity index (χ0) is 8.20. The van der Waals surface area contributed by atoms with Crippen molar-refractivity contribution < 1.29 is 23.7 Å². The summed E-state index contributed by atoms with van der Waals surface area (Å²) in [6.07, 6.45) is 0.546. The molecule has 0 saturated carbocycles. The van der Waals surface area contributed by atoms with Crippen LogP contribution in [0.2, 0.25) is 0 Å². The molecule has 5 nitrogen and oxygen atoms in total. The summed E-state index contributed by atoms with van der Waals surface area (Å²) >= 11 is 0. The molecule has 11 heavy (non-hydrogen) atoms. The fourth-order valence-electron chi connectivity index (χ4n) is 0.382. The third kappa shape index (κ3) is 11.3. The number of carbonyl (C=O) groups excluding carboxylic acids is 1. The first-order valence-corrected chi connectivity index (χ1v) is 4.26. The van der Waals surface area contributed by atoms with Gasteiger partial charge in [-0.25, -0.2) is 4.57 Å². The quantitative estimate of drug-likeness (QED) is 0.494. The standard InChI is InChI=1S/C4H9O5P.K.H/c1-2-3-4(5)9-10(6,7)8;;/h2-3H2,1H3,(H2,6,7,8);;. The van der Waals surface area contributed by atoms with E-state index in [2.05, 4.69) is 4.52 Å². The fourth-order valence-corrected chi connectivity index (χ4v) is 0.739. The normalized spacial score (nSPS) is 10.1. The van der Waals surface area contributed by atoms with Crippen molar-refractivity contribution in [1.82, 2.24) is 0 Å². The average Bonchev–Trinajstić information content (AvgIpc) is 1.59. The van der Waals surface area contributed by atoms with E-state index < -0.39 is 13.8 Å². The maximum atomic E-state index is 10.3. The van der Waals surface area contributed by atoms with Crippen molar-refractivity contribution in [3.8, 4) is 0 Å². The first kappa shape index (κ1) is 14.8. The van der Waals surface area contributed by atoms with Gasteiger partial charge in [0.15, 0.2) is 0 Å². The van der Waals surface area contributed by atoms with Crippen LogP contribution in [0.3, 0.4) is 0 Å². The molecule has 2 N–H and O–H groups in total. The molecule has 0 amide bonds. The molecule has 0 saturated heterocycles. The molecule has 0 aliphatic heterocycles. The first-order valence-electron chi connectivity index (χ1n) is 2.73. The van der Waals surface area contributed by atoms with Gasteiger partial charge in [0.05, 0.1) is 0 Å². The molecule has 62 valence electrons. The van der Waals surface area contributed by atoms with Gasteiger partial charge in [0, 0.05) is 6.42 Å². The number of phosphoric acid groups is 1. The van der Waals surface area contributed by atoms with Crippen LogP contribution in [0.1, 0.15) is 19.8 Å². The van der Waals surface area contributed by atoms with E-state index >= 15 is 0 Å². The molecule has 7 heteroatoms. The monoisotopic (exact) mass is 208 g/mol. The van der Waals surface area contributed by atoms with E-state index in [0.29, 0.717) is 6.42 Å². The summed E-state index contributed by atoms with van der Waals surface area (Å²) in [7, 11) is -4.60. The molecule has 0 rings (SSSR count). The van der Waals surface area contributed by atoms with Crippen molar-refractivity contribution in [2.24, 2.45) is 0 Å². The molecule has 0 bridgehead atoms. The van der Waals surface area contributed by atoms with E-state index in [1.165, 1.54) is 0 Å². The number of carbonyl (C=O) groups is 1. The number of rotatable bonds is 3. The Morgan fingerprint density at radius 3 is 2.27 bits per heavy atom. The molecular formula is C4H10KO5P. The molecule has 0 radical (unpaired) electrons. The van der Waals surface area contributed by atoms with E-state index in [0.717, 1.165) is 0 Å². The summed E-state index contributed by atoms with van der Waals surface area (Å²) in [6.45, 7) is 1.71. The molecule has 0 aromatic heterocycles. The molecule has 0 aromatic carbocycles. The summed E-state index contributed by atoms with van der Waals surface area (Å²) in [5, 5.41) is 0. The molecule has 0 fully saturated rings. The molecule has 0 heterocycles. The minimum absolute atomic E-state index is 0. The average molecular weight is 208 g/mol. The second-order valence-electron chi connectivity index (χ2n) is 1.70. The molecule has 0 aliphatic carbocycles. The van der Waals surface area contributed by atoms with Gasteiger partial charge < -0.3 is 4.52 Å². The fraction of sp³-hybridized carbons (Fsp3) is 0.750. The van der Waals surface area contributed by atoms with E-state index in [9.17, 15) is 9.36 Å². The minimum atomic E-state index is -4.60. The summed E-state index contributed by atoms with van der Waals surface area (Å²) in [6, 6.07) is 0. The van der Waals surface area contributed by atoms with Crippen LogP contribution in [0.25, 0.3) is 0 Å². The van der Waals surface area contributed by atoms with Gasteiger partial charge in [-0.1, -0.05) is 6.92 Å². The topological polar surface area (TPSA) is 83.8 Å². The zero-order valence-electron chi connectivity index (χ0n) is 5.48. The predicted octanol–water partition coefficient (Wildman–Crippen LogP) is -0.226. The van der Waals surface area contributed by atoms with E-state index in [-0.39, 0.29) is 57.8 Å². The Balaban J connectivity index is 0. The Bertz CT molecular complexity index is 164.